The first kappa shape index (κ1) is 15.2. The Morgan fingerprint density at radius 1 is 1.25 bits per heavy atom. The maximum atomic E-state index is 12.7. The number of likely N-dealkylation sites (tertiary alicyclic amines) is 1. The van der Waals surface area contributed by atoms with Gasteiger partial charge in [-0.2, -0.15) is 0 Å². The molecular weight excluding hydrogens is 324 g/mol. The maximum Gasteiger partial charge on any atom is 0.419 e. The zero-order valence-electron chi connectivity index (χ0n) is 13.2. The fourth-order valence-corrected chi connectivity index (χ4v) is 4.29. The number of carbonyl (C=O) groups is 1. The summed E-state index contributed by atoms with van der Waals surface area (Å²) in [5.74, 6) is -0.302. The van der Waals surface area contributed by atoms with Gasteiger partial charge in [-0.25, -0.2) is 4.79 Å². The molecule has 1 fully saturated rings. The van der Waals surface area contributed by atoms with Crippen molar-refractivity contribution in [2.45, 2.75) is 31.8 Å². The summed E-state index contributed by atoms with van der Waals surface area (Å²) in [5.41, 5.74) is 1.30. The molecular formula is C18H18N2O3S. The number of aromatic nitrogens is 1. The molecule has 1 amide bonds. The fraction of sp³-hybridized carbons (Fsp3) is 0.333. The third-order valence-electron chi connectivity index (χ3n) is 4.57. The van der Waals surface area contributed by atoms with Crippen LogP contribution in [-0.4, -0.2) is 21.9 Å². The van der Waals surface area contributed by atoms with E-state index in [9.17, 15) is 9.59 Å². The zero-order valence-corrected chi connectivity index (χ0v) is 14.0. The highest BCUT2D eigenvalue weighted by molar-refractivity contribution is 7.10. The van der Waals surface area contributed by atoms with Gasteiger partial charge in [0.2, 0.25) is 5.91 Å². The molecule has 0 bridgehead atoms. The maximum absolute atomic E-state index is 12.7. The lowest BCUT2D eigenvalue weighted by Crippen LogP contribution is -2.31. The predicted molar refractivity (Wildman–Crippen MR) is 93.1 cm³/mol. The number of hydrogen-bond donors (Lipinski definition) is 0. The molecule has 0 aliphatic carbocycles. The molecule has 5 nitrogen and oxygen atoms in total. The van der Waals surface area contributed by atoms with Crippen molar-refractivity contribution in [3.05, 3.63) is 57.2 Å². The van der Waals surface area contributed by atoms with Crippen molar-refractivity contribution < 1.29 is 9.21 Å². The molecule has 1 atom stereocenters. The van der Waals surface area contributed by atoms with Crippen molar-refractivity contribution in [2.75, 3.05) is 6.54 Å². The highest BCUT2D eigenvalue weighted by Gasteiger charge is 2.30. The van der Waals surface area contributed by atoms with Gasteiger partial charge in [-0.3, -0.25) is 9.36 Å². The molecule has 3 aromatic rings. The van der Waals surface area contributed by atoms with Crippen molar-refractivity contribution in [1.29, 1.82) is 0 Å². The van der Waals surface area contributed by atoms with E-state index in [0.29, 0.717) is 18.5 Å². The van der Waals surface area contributed by atoms with Crippen LogP contribution in [0.25, 0.3) is 11.1 Å². The third kappa shape index (κ3) is 2.67. The summed E-state index contributed by atoms with van der Waals surface area (Å²) in [6.45, 7) is 1.14. The van der Waals surface area contributed by atoms with Gasteiger partial charge in [0, 0.05) is 24.4 Å². The molecule has 124 valence electrons. The summed E-state index contributed by atoms with van der Waals surface area (Å²) in [6.07, 6.45) is 2.36. The van der Waals surface area contributed by atoms with E-state index in [1.54, 1.807) is 22.0 Å². The molecule has 2 aromatic heterocycles. The topological polar surface area (TPSA) is 55.5 Å². The first-order valence-electron chi connectivity index (χ1n) is 8.15. The second kappa shape index (κ2) is 6.28. The molecule has 1 aromatic carbocycles. The molecule has 1 saturated heterocycles. The van der Waals surface area contributed by atoms with Crippen LogP contribution in [0.1, 0.15) is 30.2 Å². The van der Waals surface area contributed by atoms with E-state index >= 15 is 0 Å². The van der Waals surface area contributed by atoms with E-state index in [4.69, 9.17) is 4.42 Å². The molecule has 0 unspecified atom stereocenters. The molecule has 1 aliphatic heterocycles. The summed E-state index contributed by atoms with van der Waals surface area (Å²) in [6, 6.07) is 11.6. The second-order valence-electron chi connectivity index (χ2n) is 6.00. The van der Waals surface area contributed by atoms with E-state index < -0.39 is 5.76 Å². The van der Waals surface area contributed by atoms with Crippen LogP contribution in [0.3, 0.4) is 0 Å². The number of hydrogen-bond acceptors (Lipinski definition) is 4. The van der Waals surface area contributed by atoms with Crippen LogP contribution in [0.2, 0.25) is 0 Å². The standard InChI is InChI=1S/C18H18N2O3S/c21-17(19-10-3-6-14(19)16-8-4-12-24-16)9-11-20-13-5-1-2-7-15(13)23-18(20)22/h1-2,4-5,7-8,12,14H,3,6,9-11H2/t14-/m1/s1. The van der Waals surface area contributed by atoms with E-state index in [2.05, 4.69) is 6.07 Å². The molecule has 0 N–H and O–H groups in total. The van der Waals surface area contributed by atoms with Crippen LogP contribution < -0.4 is 5.76 Å². The minimum atomic E-state index is -0.403. The van der Waals surface area contributed by atoms with Crippen molar-refractivity contribution in [3.8, 4) is 0 Å². The van der Waals surface area contributed by atoms with Gasteiger partial charge in [0.25, 0.3) is 0 Å². The van der Waals surface area contributed by atoms with Crippen molar-refractivity contribution in [3.63, 3.8) is 0 Å². The average molecular weight is 342 g/mol. The number of oxazole rings is 1. The first-order valence-corrected chi connectivity index (χ1v) is 9.03. The Bertz CT molecular complexity index is 910. The highest BCUT2D eigenvalue weighted by Crippen LogP contribution is 2.34. The van der Waals surface area contributed by atoms with E-state index in [0.717, 1.165) is 24.9 Å². The van der Waals surface area contributed by atoms with Gasteiger partial charge < -0.3 is 9.32 Å². The number of fused-ring (bicyclic) bond motifs is 1. The number of nitrogens with zero attached hydrogens (tertiary/aromatic N) is 2. The van der Waals surface area contributed by atoms with Crippen LogP contribution >= 0.6 is 11.3 Å². The van der Waals surface area contributed by atoms with Crippen LogP contribution in [-0.2, 0) is 11.3 Å². The van der Waals surface area contributed by atoms with Gasteiger partial charge >= 0.3 is 5.76 Å². The van der Waals surface area contributed by atoms with Gasteiger partial charge in [0.05, 0.1) is 11.6 Å². The number of benzene rings is 1. The number of carbonyl (C=O) groups excluding carboxylic acids is 1. The minimum Gasteiger partial charge on any atom is -0.408 e. The Hall–Kier alpha value is -2.34. The fourth-order valence-electron chi connectivity index (χ4n) is 3.42. The van der Waals surface area contributed by atoms with E-state index in [1.165, 1.54) is 4.88 Å². The quantitative estimate of drug-likeness (QED) is 0.730. The van der Waals surface area contributed by atoms with Gasteiger partial charge in [-0.05, 0) is 36.4 Å². The van der Waals surface area contributed by atoms with Crippen LogP contribution in [0.5, 0.6) is 0 Å². The highest BCUT2D eigenvalue weighted by atomic mass is 32.1. The summed E-state index contributed by atoms with van der Waals surface area (Å²) >= 11 is 1.70. The van der Waals surface area contributed by atoms with Gasteiger partial charge in [-0.1, -0.05) is 18.2 Å². The molecule has 1 aliphatic rings. The van der Waals surface area contributed by atoms with Crippen LogP contribution in [0.4, 0.5) is 0 Å². The van der Waals surface area contributed by atoms with E-state index in [1.807, 2.05) is 34.5 Å². The summed E-state index contributed by atoms with van der Waals surface area (Å²) in [4.78, 5) is 27.9. The number of thiophene rings is 1. The molecule has 0 spiro atoms. The average Bonchev–Trinajstić information content (AvgIpc) is 3.31. The lowest BCUT2D eigenvalue weighted by molar-refractivity contribution is -0.132. The lowest BCUT2D eigenvalue weighted by atomic mass is 10.2. The number of para-hydroxylation sites is 2. The molecule has 4 rings (SSSR count). The second-order valence-corrected chi connectivity index (χ2v) is 6.98. The monoisotopic (exact) mass is 342 g/mol. The summed E-state index contributed by atoms with van der Waals surface area (Å²) < 4.78 is 6.77. The Morgan fingerprint density at radius 2 is 2.12 bits per heavy atom. The van der Waals surface area contributed by atoms with Crippen molar-refractivity contribution in [1.82, 2.24) is 9.47 Å². The summed E-state index contributed by atoms with van der Waals surface area (Å²) in [7, 11) is 0. The zero-order chi connectivity index (χ0) is 16.5. The third-order valence-corrected chi connectivity index (χ3v) is 5.54. The molecule has 3 heterocycles. The number of rotatable bonds is 4. The van der Waals surface area contributed by atoms with Gasteiger partial charge in [0.1, 0.15) is 0 Å². The van der Waals surface area contributed by atoms with Crippen LogP contribution in [0, 0.1) is 0 Å². The Morgan fingerprint density at radius 3 is 2.96 bits per heavy atom. The molecule has 0 radical (unpaired) electrons. The largest absolute Gasteiger partial charge is 0.419 e. The minimum absolute atomic E-state index is 0.100. The van der Waals surface area contributed by atoms with Crippen molar-refractivity contribution >= 4 is 28.3 Å². The number of aryl methyl sites for hydroxylation is 1. The van der Waals surface area contributed by atoms with Crippen LogP contribution in [0.15, 0.2) is 51.0 Å². The Labute approximate surface area is 143 Å². The lowest BCUT2D eigenvalue weighted by Gasteiger charge is -2.24. The molecule has 6 heteroatoms. The smallest absolute Gasteiger partial charge is 0.408 e. The van der Waals surface area contributed by atoms with Crippen molar-refractivity contribution in [2.24, 2.45) is 0 Å². The SMILES string of the molecule is O=C(CCn1c(=O)oc2ccccc21)N1CCC[C@@H]1c1cccs1. The van der Waals surface area contributed by atoms with Gasteiger partial charge in [0.15, 0.2) is 5.58 Å². The Balaban J connectivity index is 1.50. The Kier molecular flexibility index (Phi) is 3.98. The summed E-state index contributed by atoms with van der Waals surface area (Å²) in [5, 5.41) is 2.05. The first-order chi connectivity index (χ1) is 11.7. The molecule has 24 heavy (non-hydrogen) atoms. The van der Waals surface area contributed by atoms with Gasteiger partial charge in [-0.15, -0.1) is 11.3 Å². The number of amides is 1. The van der Waals surface area contributed by atoms with E-state index in [-0.39, 0.29) is 11.9 Å². The predicted octanol–water partition coefficient (Wildman–Crippen LogP) is 3.41. The molecule has 0 saturated carbocycles. The normalized spacial score (nSPS) is 17.7.